The zero-order valence-corrected chi connectivity index (χ0v) is 17.5. The molecule has 9 heteroatoms. The number of rotatable bonds is 6. The number of carbonyl (C=O) groups is 3. The number of ether oxygens (including phenoxy) is 1. The van der Waals surface area contributed by atoms with E-state index < -0.39 is 0 Å². The zero-order chi connectivity index (χ0) is 20.1. The minimum Gasteiger partial charge on any atom is -0.497 e. The van der Waals surface area contributed by atoms with Gasteiger partial charge in [0.1, 0.15) is 5.75 Å². The Balaban J connectivity index is 0.00000300. The molecule has 29 heavy (non-hydrogen) atoms. The van der Waals surface area contributed by atoms with Gasteiger partial charge in [0.25, 0.3) is 0 Å². The second-order valence-corrected chi connectivity index (χ2v) is 7.31. The molecular weight excluding hydrogens is 396 g/mol. The Kier molecular flexibility index (Phi) is 8.28. The smallest absolute Gasteiger partial charge is 0.228 e. The Morgan fingerprint density at radius 3 is 2.59 bits per heavy atom. The van der Waals surface area contributed by atoms with Gasteiger partial charge in [0, 0.05) is 44.8 Å². The average Bonchev–Trinajstić information content (AvgIpc) is 3.13. The fraction of sp³-hybridized carbons (Fsp3) is 0.550. The molecule has 0 radical (unpaired) electrons. The molecule has 0 bridgehead atoms. The molecule has 1 aromatic rings. The van der Waals surface area contributed by atoms with Gasteiger partial charge in [0.15, 0.2) is 0 Å². The molecule has 2 heterocycles. The molecular formula is C20H29ClN4O4. The molecule has 1 aromatic carbocycles. The normalized spacial score (nSPS) is 21.5. The van der Waals surface area contributed by atoms with Crippen LogP contribution in [-0.4, -0.2) is 62.5 Å². The van der Waals surface area contributed by atoms with Gasteiger partial charge in [0.05, 0.1) is 18.9 Å². The summed E-state index contributed by atoms with van der Waals surface area (Å²) >= 11 is 0. The average molecular weight is 425 g/mol. The molecule has 3 amide bonds. The summed E-state index contributed by atoms with van der Waals surface area (Å²) < 4.78 is 5.15. The highest BCUT2D eigenvalue weighted by Gasteiger charge is 2.39. The topological polar surface area (TPSA) is 105 Å². The van der Waals surface area contributed by atoms with Crippen LogP contribution in [0, 0.1) is 11.8 Å². The third kappa shape index (κ3) is 5.39. The van der Waals surface area contributed by atoms with E-state index in [0.29, 0.717) is 32.7 Å². The lowest BCUT2D eigenvalue weighted by atomic mass is 9.95. The lowest BCUT2D eigenvalue weighted by Crippen LogP contribution is -2.48. The summed E-state index contributed by atoms with van der Waals surface area (Å²) in [6, 6.07) is 7.24. The van der Waals surface area contributed by atoms with Gasteiger partial charge < -0.3 is 25.6 Å². The van der Waals surface area contributed by atoms with E-state index in [1.165, 1.54) is 0 Å². The van der Waals surface area contributed by atoms with Crippen molar-refractivity contribution in [1.82, 2.24) is 10.2 Å². The van der Waals surface area contributed by atoms with Gasteiger partial charge in [-0.1, -0.05) is 0 Å². The molecule has 2 aliphatic rings. The lowest BCUT2D eigenvalue weighted by molar-refractivity contribution is -0.139. The standard InChI is InChI=1S/C20H28N4O4.ClH/c1-28-17-6-4-16(5-7-17)24-13-15(11-18(24)25)20(27)23-10-2-3-14(12-23)19(26)22-9-8-21;/h4-7,14-15H,2-3,8-13,21H2,1H3,(H,22,26);1H. The van der Waals surface area contributed by atoms with E-state index in [1.54, 1.807) is 29.0 Å². The van der Waals surface area contributed by atoms with Gasteiger partial charge in [-0.3, -0.25) is 14.4 Å². The zero-order valence-electron chi connectivity index (χ0n) is 16.6. The van der Waals surface area contributed by atoms with Crippen LogP contribution in [0.4, 0.5) is 5.69 Å². The van der Waals surface area contributed by atoms with Crippen LogP contribution in [-0.2, 0) is 14.4 Å². The number of nitrogens with one attached hydrogen (secondary N) is 1. The third-order valence-corrected chi connectivity index (χ3v) is 5.41. The second kappa shape index (κ2) is 10.5. The maximum Gasteiger partial charge on any atom is 0.228 e. The molecule has 0 saturated carbocycles. The molecule has 2 aliphatic heterocycles. The summed E-state index contributed by atoms with van der Waals surface area (Å²) in [4.78, 5) is 41.0. The summed E-state index contributed by atoms with van der Waals surface area (Å²) in [5.74, 6) is -0.0152. The molecule has 3 N–H and O–H groups in total. The van der Waals surface area contributed by atoms with Crippen molar-refractivity contribution in [2.75, 3.05) is 44.7 Å². The number of likely N-dealkylation sites (tertiary alicyclic amines) is 1. The molecule has 2 saturated heterocycles. The minimum absolute atomic E-state index is 0. The van der Waals surface area contributed by atoms with E-state index in [4.69, 9.17) is 10.5 Å². The molecule has 0 spiro atoms. The van der Waals surface area contributed by atoms with Crippen LogP contribution in [0.25, 0.3) is 0 Å². The number of nitrogens with two attached hydrogens (primary N) is 1. The number of amides is 3. The van der Waals surface area contributed by atoms with E-state index in [0.717, 1.165) is 24.3 Å². The number of halogens is 1. The van der Waals surface area contributed by atoms with Crippen LogP contribution in [0.5, 0.6) is 5.75 Å². The first kappa shape index (κ1) is 23.0. The highest BCUT2D eigenvalue weighted by molar-refractivity contribution is 6.00. The number of methoxy groups -OCH3 is 1. The molecule has 0 aromatic heterocycles. The quantitative estimate of drug-likeness (QED) is 0.702. The molecule has 2 fully saturated rings. The molecule has 2 unspecified atom stereocenters. The molecule has 0 aliphatic carbocycles. The van der Waals surface area contributed by atoms with Crippen LogP contribution >= 0.6 is 12.4 Å². The van der Waals surface area contributed by atoms with Crippen LogP contribution in [0.15, 0.2) is 24.3 Å². The first-order chi connectivity index (χ1) is 13.5. The van der Waals surface area contributed by atoms with Gasteiger partial charge in [-0.2, -0.15) is 0 Å². The first-order valence-electron chi connectivity index (χ1n) is 9.74. The van der Waals surface area contributed by atoms with E-state index in [2.05, 4.69) is 5.32 Å². The Morgan fingerprint density at radius 2 is 1.93 bits per heavy atom. The van der Waals surface area contributed by atoms with Crippen LogP contribution in [0.3, 0.4) is 0 Å². The Bertz CT molecular complexity index is 728. The van der Waals surface area contributed by atoms with Crippen molar-refractivity contribution in [3.63, 3.8) is 0 Å². The molecule has 8 nitrogen and oxygen atoms in total. The van der Waals surface area contributed by atoms with E-state index >= 15 is 0 Å². The summed E-state index contributed by atoms with van der Waals surface area (Å²) in [5, 5.41) is 2.80. The highest BCUT2D eigenvalue weighted by Crippen LogP contribution is 2.29. The summed E-state index contributed by atoms with van der Waals surface area (Å²) in [6.07, 6.45) is 1.75. The molecule has 3 rings (SSSR count). The largest absolute Gasteiger partial charge is 0.497 e. The number of benzene rings is 1. The molecule has 2 atom stereocenters. The molecule has 160 valence electrons. The summed E-state index contributed by atoms with van der Waals surface area (Å²) in [6.45, 7) is 2.24. The number of anilines is 1. The number of hydrogen-bond acceptors (Lipinski definition) is 5. The third-order valence-electron chi connectivity index (χ3n) is 5.41. The Morgan fingerprint density at radius 1 is 1.21 bits per heavy atom. The van der Waals surface area contributed by atoms with Crippen molar-refractivity contribution in [3.05, 3.63) is 24.3 Å². The fourth-order valence-electron chi connectivity index (χ4n) is 3.87. The van der Waals surface area contributed by atoms with Crippen LogP contribution in [0.2, 0.25) is 0 Å². The van der Waals surface area contributed by atoms with Gasteiger partial charge in [-0.15, -0.1) is 12.4 Å². The second-order valence-electron chi connectivity index (χ2n) is 7.31. The summed E-state index contributed by atoms with van der Waals surface area (Å²) in [7, 11) is 1.59. The fourth-order valence-corrected chi connectivity index (χ4v) is 3.87. The minimum atomic E-state index is -0.375. The van der Waals surface area contributed by atoms with Crippen molar-refractivity contribution >= 4 is 35.8 Å². The number of carbonyl (C=O) groups excluding carboxylic acids is 3. The van der Waals surface area contributed by atoms with Gasteiger partial charge in [-0.25, -0.2) is 0 Å². The van der Waals surface area contributed by atoms with Gasteiger partial charge in [-0.05, 0) is 37.1 Å². The Hall–Kier alpha value is -2.32. The van der Waals surface area contributed by atoms with Crippen molar-refractivity contribution in [1.29, 1.82) is 0 Å². The number of nitrogens with zero attached hydrogens (tertiary/aromatic N) is 2. The van der Waals surface area contributed by atoms with Crippen LogP contribution < -0.4 is 20.7 Å². The van der Waals surface area contributed by atoms with Crippen molar-refractivity contribution in [2.45, 2.75) is 19.3 Å². The highest BCUT2D eigenvalue weighted by atomic mass is 35.5. The van der Waals surface area contributed by atoms with E-state index in [1.807, 2.05) is 12.1 Å². The lowest BCUT2D eigenvalue weighted by Gasteiger charge is -2.33. The predicted octanol–water partition coefficient (Wildman–Crippen LogP) is 0.783. The first-order valence-corrected chi connectivity index (χ1v) is 9.74. The monoisotopic (exact) mass is 424 g/mol. The number of hydrogen-bond donors (Lipinski definition) is 2. The predicted molar refractivity (Wildman–Crippen MR) is 112 cm³/mol. The number of piperidine rings is 1. The SMILES string of the molecule is COc1ccc(N2CC(C(=O)N3CCCC(C(=O)NCCN)C3)CC2=O)cc1.Cl. The van der Waals surface area contributed by atoms with Crippen molar-refractivity contribution in [3.8, 4) is 5.75 Å². The maximum atomic E-state index is 13.0. The van der Waals surface area contributed by atoms with E-state index in [-0.39, 0.29) is 48.4 Å². The van der Waals surface area contributed by atoms with Gasteiger partial charge >= 0.3 is 0 Å². The Labute approximate surface area is 177 Å². The van der Waals surface area contributed by atoms with E-state index in [9.17, 15) is 14.4 Å². The maximum absolute atomic E-state index is 13.0. The summed E-state index contributed by atoms with van der Waals surface area (Å²) in [5.41, 5.74) is 6.19. The van der Waals surface area contributed by atoms with Crippen LogP contribution in [0.1, 0.15) is 19.3 Å². The van der Waals surface area contributed by atoms with Gasteiger partial charge in [0.2, 0.25) is 17.7 Å². The van der Waals surface area contributed by atoms with Crippen molar-refractivity contribution < 1.29 is 19.1 Å². The van der Waals surface area contributed by atoms with Crippen molar-refractivity contribution in [2.24, 2.45) is 17.6 Å².